The molecule has 1 heterocycles. The van der Waals surface area contributed by atoms with Gasteiger partial charge in [-0.1, -0.05) is 65.9 Å². The number of nitrogens with zero attached hydrogens (tertiary/aromatic N) is 1. The number of nitrogens with one attached hydrogen (secondary N) is 1. The fraction of sp³-hybridized carbons (Fsp3) is 0.0909. The Kier molecular flexibility index (Phi) is 4.27. The lowest BCUT2D eigenvalue weighted by Gasteiger charge is -2.04. The van der Waals surface area contributed by atoms with Crippen molar-refractivity contribution >= 4 is 32.6 Å². The first-order valence-electron chi connectivity index (χ1n) is 8.45. The highest BCUT2D eigenvalue weighted by Gasteiger charge is 2.12. The van der Waals surface area contributed by atoms with Crippen LogP contribution in [0.5, 0.6) is 0 Å². The molecule has 0 saturated carbocycles. The Morgan fingerprint density at radius 3 is 2.19 bits per heavy atom. The van der Waals surface area contributed by atoms with Gasteiger partial charge in [0.15, 0.2) is 5.13 Å². The first-order valence-corrected chi connectivity index (χ1v) is 9.27. The molecule has 0 aliphatic carbocycles. The van der Waals surface area contributed by atoms with Gasteiger partial charge >= 0.3 is 0 Å². The van der Waals surface area contributed by atoms with Crippen LogP contribution in [0.25, 0.3) is 21.3 Å². The van der Waals surface area contributed by atoms with Gasteiger partial charge in [0.2, 0.25) is 0 Å². The van der Waals surface area contributed by atoms with Gasteiger partial charge in [-0.2, -0.15) is 0 Å². The van der Waals surface area contributed by atoms with Gasteiger partial charge in [-0.05, 0) is 48.2 Å². The van der Waals surface area contributed by atoms with Crippen LogP contribution < -0.4 is 5.32 Å². The van der Waals surface area contributed by atoms with Crippen LogP contribution in [-0.2, 0) is 0 Å². The van der Waals surface area contributed by atoms with Gasteiger partial charge in [-0.3, -0.25) is 10.1 Å². The second-order valence-electron chi connectivity index (χ2n) is 6.29. The van der Waals surface area contributed by atoms with E-state index in [1.165, 1.54) is 16.9 Å². The minimum absolute atomic E-state index is 0.140. The molecule has 0 aliphatic heterocycles. The summed E-state index contributed by atoms with van der Waals surface area (Å²) in [4.78, 5) is 17.2. The third-order valence-corrected chi connectivity index (χ3v) is 5.52. The largest absolute Gasteiger partial charge is 0.298 e. The van der Waals surface area contributed by atoms with E-state index in [1.807, 2.05) is 49.4 Å². The lowest BCUT2D eigenvalue weighted by molar-refractivity contribution is 0.102. The highest BCUT2D eigenvalue weighted by Crippen LogP contribution is 2.31. The Balaban J connectivity index is 1.57. The van der Waals surface area contributed by atoms with Crippen molar-refractivity contribution in [2.75, 3.05) is 5.32 Å². The molecule has 3 nitrogen and oxygen atoms in total. The van der Waals surface area contributed by atoms with Gasteiger partial charge in [0, 0.05) is 5.56 Å². The number of aryl methyl sites for hydroxylation is 2. The van der Waals surface area contributed by atoms with Crippen LogP contribution in [0.4, 0.5) is 5.13 Å². The summed E-state index contributed by atoms with van der Waals surface area (Å²) in [5.74, 6) is -0.140. The zero-order valence-corrected chi connectivity index (χ0v) is 15.4. The van der Waals surface area contributed by atoms with E-state index in [1.54, 1.807) is 0 Å². The molecule has 0 atom stereocenters. The number of hydrogen-bond acceptors (Lipinski definition) is 3. The maximum atomic E-state index is 12.6. The standard InChI is InChI=1S/C22H18N2OS/c1-14-8-9-15(2)20-19(14)23-22(26-20)24-21(25)18-12-10-17(11-13-18)16-6-4-3-5-7-16/h3-13H,1-2H3,(H,23,24,25). The molecule has 0 saturated heterocycles. The van der Waals surface area contributed by atoms with E-state index >= 15 is 0 Å². The molecule has 4 heteroatoms. The SMILES string of the molecule is Cc1ccc(C)c2sc(NC(=O)c3ccc(-c4ccccc4)cc3)nc12. The van der Waals surface area contributed by atoms with Crippen molar-refractivity contribution in [2.24, 2.45) is 0 Å². The fourth-order valence-corrected chi connectivity index (χ4v) is 3.93. The second kappa shape index (κ2) is 6.73. The third kappa shape index (κ3) is 3.11. The van der Waals surface area contributed by atoms with E-state index in [4.69, 9.17) is 0 Å². The Morgan fingerprint density at radius 1 is 0.846 bits per heavy atom. The molecule has 4 aromatic rings. The maximum absolute atomic E-state index is 12.6. The molecule has 0 fully saturated rings. The van der Waals surface area contributed by atoms with Crippen molar-refractivity contribution in [3.63, 3.8) is 0 Å². The van der Waals surface area contributed by atoms with E-state index in [9.17, 15) is 4.79 Å². The van der Waals surface area contributed by atoms with Crippen LogP contribution in [0, 0.1) is 13.8 Å². The van der Waals surface area contributed by atoms with E-state index in [0.29, 0.717) is 10.7 Å². The van der Waals surface area contributed by atoms with Crippen molar-refractivity contribution in [1.29, 1.82) is 0 Å². The minimum Gasteiger partial charge on any atom is -0.298 e. The molecule has 0 radical (unpaired) electrons. The summed E-state index contributed by atoms with van der Waals surface area (Å²) in [6, 6.07) is 21.9. The Morgan fingerprint density at radius 2 is 1.50 bits per heavy atom. The van der Waals surface area contributed by atoms with Crippen LogP contribution in [0.15, 0.2) is 66.7 Å². The molecular formula is C22H18N2OS. The molecule has 1 N–H and O–H groups in total. The molecule has 128 valence electrons. The number of thiazole rings is 1. The van der Waals surface area contributed by atoms with Crippen molar-refractivity contribution in [2.45, 2.75) is 13.8 Å². The van der Waals surface area contributed by atoms with Gasteiger partial charge < -0.3 is 0 Å². The number of hydrogen-bond donors (Lipinski definition) is 1. The third-order valence-electron chi connectivity index (χ3n) is 4.42. The van der Waals surface area contributed by atoms with Gasteiger partial charge in [-0.15, -0.1) is 0 Å². The number of amides is 1. The molecule has 0 spiro atoms. The number of rotatable bonds is 3. The van der Waals surface area contributed by atoms with Crippen LogP contribution >= 0.6 is 11.3 Å². The molecule has 1 amide bonds. The summed E-state index contributed by atoms with van der Waals surface area (Å²) < 4.78 is 1.12. The summed E-state index contributed by atoms with van der Waals surface area (Å²) in [6.07, 6.45) is 0. The highest BCUT2D eigenvalue weighted by atomic mass is 32.1. The molecule has 0 unspecified atom stereocenters. The maximum Gasteiger partial charge on any atom is 0.257 e. The van der Waals surface area contributed by atoms with Gasteiger partial charge in [0.1, 0.15) is 0 Å². The van der Waals surface area contributed by atoms with E-state index in [2.05, 4.69) is 41.5 Å². The first kappa shape index (κ1) is 16.5. The predicted octanol–water partition coefficient (Wildman–Crippen LogP) is 5.83. The molecule has 3 aromatic carbocycles. The normalized spacial score (nSPS) is 10.8. The summed E-state index contributed by atoms with van der Waals surface area (Å²) >= 11 is 1.52. The second-order valence-corrected chi connectivity index (χ2v) is 7.29. The zero-order valence-electron chi connectivity index (χ0n) is 14.6. The Hall–Kier alpha value is -2.98. The average Bonchev–Trinajstić information content (AvgIpc) is 3.11. The quantitative estimate of drug-likeness (QED) is 0.500. The van der Waals surface area contributed by atoms with Crippen molar-refractivity contribution in [1.82, 2.24) is 4.98 Å². The molecular weight excluding hydrogens is 340 g/mol. The predicted molar refractivity (Wildman–Crippen MR) is 109 cm³/mol. The van der Waals surface area contributed by atoms with Crippen LogP contribution in [0.2, 0.25) is 0 Å². The minimum atomic E-state index is -0.140. The molecule has 1 aromatic heterocycles. The summed E-state index contributed by atoms with van der Waals surface area (Å²) in [6.45, 7) is 4.10. The lowest BCUT2D eigenvalue weighted by Crippen LogP contribution is -2.11. The molecule has 4 rings (SSSR count). The lowest BCUT2D eigenvalue weighted by atomic mass is 10.0. The number of fused-ring (bicyclic) bond motifs is 1. The summed E-state index contributed by atoms with van der Waals surface area (Å²) in [7, 11) is 0. The number of carbonyl (C=O) groups excluding carboxylic acids is 1. The Bertz CT molecular complexity index is 1040. The van der Waals surface area contributed by atoms with E-state index in [0.717, 1.165) is 26.9 Å². The van der Waals surface area contributed by atoms with Crippen molar-refractivity contribution < 1.29 is 4.79 Å². The molecule has 0 bridgehead atoms. The fourth-order valence-electron chi connectivity index (χ4n) is 2.93. The first-order chi connectivity index (χ1) is 12.6. The van der Waals surface area contributed by atoms with Crippen molar-refractivity contribution in [3.05, 3.63) is 83.4 Å². The van der Waals surface area contributed by atoms with Gasteiger partial charge in [-0.25, -0.2) is 4.98 Å². The zero-order chi connectivity index (χ0) is 18.1. The van der Waals surface area contributed by atoms with Gasteiger partial charge in [0.05, 0.1) is 10.2 Å². The van der Waals surface area contributed by atoms with Crippen LogP contribution in [0.3, 0.4) is 0 Å². The van der Waals surface area contributed by atoms with Crippen LogP contribution in [0.1, 0.15) is 21.5 Å². The number of anilines is 1. The summed E-state index contributed by atoms with van der Waals surface area (Å²) in [5.41, 5.74) is 6.11. The number of carbonyl (C=O) groups is 1. The monoisotopic (exact) mass is 358 g/mol. The average molecular weight is 358 g/mol. The van der Waals surface area contributed by atoms with Crippen LogP contribution in [-0.4, -0.2) is 10.9 Å². The number of benzene rings is 3. The van der Waals surface area contributed by atoms with E-state index in [-0.39, 0.29) is 5.91 Å². The Labute approximate surface area is 156 Å². The summed E-state index contributed by atoms with van der Waals surface area (Å²) in [5, 5.41) is 3.56. The van der Waals surface area contributed by atoms with Gasteiger partial charge in [0.25, 0.3) is 5.91 Å². The molecule has 26 heavy (non-hydrogen) atoms. The molecule has 0 aliphatic rings. The topological polar surface area (TPSA) is 42.0 Å². The highest BCUT2D eigenvalue weighted by molar-refractivity contribution is 7.22. The number of aromatic nitrogens is 1. The smallest absolute Gasteiger partial charge is 0.257 e. The van der Waals surface area contributed by atoms with E-state index < -0.39 is 0 Å². The van der Waals surface area contributed by atoms with Crippen molar-refractivity contribution in [3.8, 4) is 11.1 Å².